The topological polar surface area (TPSA) is 74.1 Å². The summed E-state index contributed by atoms with van der Waals surface area (Å²) in [5.41, 5.74) is 0.710. The molecule has 0 aliphatic heterocycles. The quantitative estimate of drug-likeness (QED) is 0.425. The Morgan fingerprint density at radius 3 is 2.48 bits per heavy atom. The molecule has 0 aliphatic rings. The molecule has 0 bridgehead atoms. The van der Waals surface area contributed by atoms with Crippen LogP contribution in [0.5, 0.6) is 0 Å². The number of hydrogen-bond acceptors (Lipinski definition) is 5. The van der Waals surface area contributed by atoms with Gasteiger partial charge in [-0.25, -0.2) is 18.4 Å². The van der Waals surface area contributed by atoms with Crippen molar-refractivity contribution in [3.63, 3.8) is 0 Å². The van der Waals surface area contributed by atoms with E-state index in [0.717, 1.165) is 12.3 Å². The zero-order valence-corrected chi connectivity index (χ0v) is 16.8. The number of halogens is 2. The second-order valence-corrected chi connectivity index (χ2v) is 14.8. The lowest BCUT2D eigenvalue weighted by molar-refractivity contribution is 0.0834. The van der Waals surface area contributed by atoms with E-state index >= 15 is 0 Å². The molecular weight excluding hydrogens is 377 g/mol. The van der Waals surface area contributed by atoms with Crippen molar-refractivity contribution in [1.82, 2.24) is 14.5 Å². The zero-order valence-electron chi connectivity index (χ0n) is 13.4. The molecule has 10 heteroatoms. The average Bonchev–Trinajstić information content (AvgIpc) is 2.72. The fraction of sp³-hybridized carbons (Fsp3) is 0.538. The molecular formula is C13H19Cl2N3O3SSi. The lowest BCUT2D eigenvalue weighted by Gasteiger charge is -2.16. The first kappa shape index (κ1) is 18.7. The summed E-state index contributed by atoms with van der Waals surface area (Å²) in [7, 11) is -4.75. The van der Waals surface area contributed by atoms with Crippen LogP contribution in [0.1, 0.15) is 0 Å². The highest BCUT2D eigenvalue weighted by atomic mass is 35.5. The number of hydrogen-bond donors (Lipinski definition) is 0. The average molecular weight is 396 g/mol. The summed E-state index contributed by atoms with van der Waals surface area (Å²) in [6, 6.07) is 2.48. The van der Waals surface area contributed by atoms with Crippen LogP contribution >= 0.6 is 23.2 Å². The number of fused-ring (bicyclic) bond motifs is 1. The molecule has 0 atom stereocenters. The first-order chi connectivity index (χ1) is 10.5. The van der Waals surface area contributed by atoms with Gasteiger partial charge in [0.25, 0.3) is 0 Å². The Kier molecular flexibility index (Phi) is 5.42. The predicted octanol–water partition coefficient (Wildman–Crippen LogP) is 3.45. The summed E-state index contributed by atoms with van der Waals surface area (Å²) < 4.78 is 31.0. The molecule has 0 amide bonds. The first-order valence-electron chi connectivity index (χ1n) is 6.99. The maximum absolute atomic E-state index is 12.0. The van der Waals surface area contributed by atoms with E-state index < -0.39 is 17.9 Å². The second-order valence-electron chi connectivity index (χ2n) is 6.55. The van der Waals surface area contributed by atoms with E-state index in [1.807, 2.05) is 0 Å². The third-order valence-corrected chi connectivity index (χ3v) is 6.50. The first-order valence-corrected chi connectivity index (χ1v) is 13.3. The maximum atomic E-state index is 12.0. The molecule has 6 nitrogen and oxygen atoms in total. The van der Waals surface area contributed by atoms with E-state index in [2.05, 4.69) is 29.6 Å². The van der Waals surface area contributed by atoms with Crippen LogP contribution in [0.2, 0.25) is 35.9 Å². The molecule has 128 valence electrons. The molecule has 0 fully saturated rings. The van der Waals surface area contributed by atoms with E-state index in [1.54, 1.807) is 0 Å². The van der Waals surface area contributed by atoms with Crippen molar-refractivity contribution in [2.24, 2.45) is 0 Å². The van der Waals surface area contributed by atoms with Gasteiger partial charge in [-0.05, 0) is 12.1 Å². The van der Waals surface area contributed by atoms with Gasteiger partial charge in [-0.1, -0.05) is 42.8 Å². The van der Waals surface area contributed by atoms with Crippen LogP contribution in [0.15, 0.2) is 11.2 Å². The molecule has 0 saturated carbocycles. The normalized spacial score (nSPS) is 13.0. The molecule has 0 spiro atoms. The Bertz CT molecular complexity index is 831. The fourth-order valence-corrected chi connectivity index (χ4v) is 3.76. The van der Waals surface area contributed by atoms with Crippen LogP contribution in [0.3, 0.4) is 0 Å². The van der Waals surface area contributed by atoms with Crippen molar-refractivity contribution in [3.8, 4) is 0 Å². The van der Waals surface area contributed by atoms with Gasteiger partial charge in [0, 0.05) is 20.9 Å². The minimum atomic E-state index is -3.53. The molecule has 2 heterocycles. The highest BCUT2D eigenvalue weighted by molar-refractivity contribution is 7.90. The van der Waals surface area contributed by atoms with Crippen molar-refractivity contribution in [1.29, 1.82) is 0 Å². The van der Waals surface area contributed by atoms with E-state index in [9.17, 15) is 8.42 Å². The maximum Gasteiger partial charge on any atom is 0.231 e. The summed E-state index contributed by atoms with van der Waals surface area (Å²) in [5, 5.41) is 0.220. The van der Waals surface area contributed by atoms with E-state index in [4.69, 9.17) is 27.9 Å². The Morgan fingerprint density at radius 1 is 1.26 bits per heavy atom. The molecule has 2 aromatic rings. The van der Waals surface area contributed by atoms with Crippen LogP contribution in [0, 0.1) is 0 Å². The van der Waals surface area contributed by atoms with Crippen molar-refractivity contribution in [3.05, 3.63) is 16.2 Å². The Hall–Kier alpha value is -0.673. The molecule has 0 aliphatic carbocycles. The summed E-state index contributed by atoms with van der Waals surface area (Å²) in [6.45, 7) is 7.34. The minimum Gasteiger partial charge on any atom is -0.361 e. The Labute approximate surface area is 146 Å². The number of nitrogens with zero attached hydrogens (tertiary/aromatic N) is 3. The van der Waals surface area contributed by atoms with Gasteiger partial charge in [0.15, 0.2) is 5.65 Å². The molecule has 0 saturated heterocycles. The van der Waals surface area contributed by atoms with Gasteiger partial charge in [0.05, 0.1) is 5.02 Å². The summed E-state index contributed by atoms with van der Waals surface area (Å²) >= 11 is 11.9. The number of sulfone groups is 1. The van der Waals surface area contributed by atoms with Gasteiger partial charge < -0.3 is 4.74 Å². The summed E-state index contributed by atoms with van der Waals surface area (Å²) in [6.07, 6.45) is 1.09. The van der Waals surface area contributed by atoms with Crippen LogP contribution in [-0.2, 0) is 21.3 Å². The minimum absolute atomic E-state index is 0.0499. The van der Waals surface area contributed by atoms with Crippen molar-refractivity contribution < 1.29 is 13.2 Å². The fourth-order valence-electron chi connectivity index (χ4n) is 1.92. The van der Waals surface area contributed by atoms with E-state index in [1.165, 1.54) is 10.6 Å². The Balaban J connectivity index is 2.37. The smallest absolute Gasteiger partial charge is 0.231 e. The number of pyridine rings is 1. The van der Waals surface area contributed by atoms with Gasteiger partial charge in [0.2, 0.25) is 15.0 Å². The zero-order chi connectivity index (χ0) is 17.4. The lowest BCUT2D eigenvalue weighted by atomic mass is 10.4. The van der Waals surface area contributed by atoms with Crippen LogP contribution < -0.4 is 0 Å². The summed E-state index contributed by atoms with van der Waals surface area (Å²) in [4.78, 5) is 8.25. The molecule has 2 rings (SSSR count). The Morgan fingerprint density at radius 2 is 1.91 bits per heavy atom. The number of ether oxygens (including phenoxy) is 1. The van der Waals surface area contributed by atoms with Crippen LogP contribution in [0.25, 0.3) is 11.2 Å². The van der Waals surface area contributed by atoms with E-state index in [0.29, 0.717) is 17.8 Å². The largest absolute Gasteiger partial charge is 0.361 e. The van der Waals surface area contributed by atoms with Gasteiger partial charge in [-0.15, -0.1) is 0 Å². The third-order valence-electron chi connectivity index (χ3n) is 3.14. The number of imidazole rings is 1. The molecule has 2 aromatic heterocycles. The van der Waals surface area contributed by atoms with Crippen LogP contribution in [0.4, 0.5) is 0 Å². The standard InChI is InChI=1S/C13H19Cl2N3O3SSi/c1-22(19,20)13-16-10-7-9(14)11(15)17-12(10)18(13)8-21-5-6-23(2,3)4/h7H,5-6,8H2,1-4H3. The molecule has 0 N–H and O–H groups in total. The molecule has 0 radical (unpaired) electrons. The second kappa shape index (κ2) is 6.68. The van der Waals surface area contributed by atoms with Gasteiger partial charge >= 0.3 is 0 Å². The molecule has 23 heavy (non-hydrogen) atoms. The number of rotatable bonds is 6. The molecule has 0 aromatic carbocycles. The monoisotopic (exact) mass is 395 g/mol. The van der Waals surface area contributed by atoms with Gasteiger partial charge in [-0.3, -0.25) is 4.57 Å². The SMILES string of the molecule is C[Si](C)(C)CCOCn1c(S(C)(=O)=O)nc2cc(Cl)c(Cl)nc21. The summed E-state index contributed by atoms with van der Waals surface area (Å²) in [5.74, 6) is 0. The highest BCUT2D eigenvalue weighted by Crippen LogP contribution is 2.26. The van der Waals surface area contributed by atoms with Crippen molar-refractivity contribution in [2.75, 3.05) is 12.9 Å². The van der Waals surface area contributed by atoms with Crippen molar-refractivity contribution >= 4 is 52.3 Å². The predicted molar refractivity (Wildman–Crippen MR) is 94.8 cm³/mol. The molecule has 0 unspecified atom stereocenters. The van der Waals surface area contributed by atoms with Gasteiger partial charge in [-0.2, -0.15) is 0 Å². The number of aromatic nitrogens is 3. The third kappa shape index (κ3) is 4.66. The highest BCUT2D eigenvalue weighted by Gasteiger charge is 2.22. The van der Waals surface area contributed by atoms with E-state index in [-0.39, 0.29) is 22.1 Å². The van der Waals surface area contributed by atoms with Crippen molar-refractivity contribution in [2.45, 2.75) is 37.6 Å². The van der Waals surface area contributed by atoms with Crippen LogP contribution in [-0.4, -0.2) is 43.9 Å². The lowest BCUT2D eigenvalue weighted by Crippen LogP contribution is -2.22. The van der Waals surface area contributed by atoms with Gasteiger partial charge in [0.1, 0.15) is 17.4 Å².